The van der Waals surface area contributed by atoms with E-state index in [-0.39, 0.29) is 6.04 Å². The zero-order valence-corrected chi connectivity index (χ0v) is 8.59. The van der Waals surface area contributed by atoms with E-state index in [9.17, 15) is 4.79 Å². The molecule has 0 aromatic rings. The number of carboxylic acid groups (broad SMARTS) is 1. The average Bonchev–Trinajstić information content (AvgIpc) is 1.97. The summed E-state index contributed by atoms with van der Waals surface area (Å²) in [5.41, 5.74) is 0. The number of carboxylic acids is 1. The van der Waals surface area contributed by atoms with Crippen LogP contribution in [0.5, 0.6) is 0 Å². The van der Waals surface area contributed by atoms with Gasteiger partial charge in [-0.3, -0.25) is 0 Å². The van der Waals surface area contributed by atoms with Crippen molar-refractivity contribution in [2.45, 2.75) is 31.1 Å². The first-order valence-electron chi connectivity index (χ1n) is 3.79. The Bertz CT molecular complexity index is 119. The molecular weight excluding hydrogens is 209 g/mol. The van der Waals surface area contributed by atoms with Crippen LogP contribution in [0, 0.1) is 0 Å². The van der Waals surface area contributed by atoms with E-state index in [1.165, 1.54) is 0 Å². The van der Waals surface area contributed by atoms with E-state index in [0.717, 1.165) is 19.4 Å². The Morgan fingerprint density at radius 2 is 2.36 bits per heavy atom. The van der Waals surface area contributed by atoms with Gasteiger partial charge >= 0.3 is 74.9 Å². The van der Waals surface area contributed by atoms with Crippen molar-refractivity contribution in [1.29, 1.82) is 0 Å². The first kappa shape index (κ1) is 10.9. The molecule has 1 atom stereocenters. The van der Waals surface area contributed by atoms with E-state index >= 15 is 0 Å². The molecule has 0 aliphatic heterocycles. The standard InChI is InChI=1S/C7H15NO2Se/c1-2-3-4-8-6(5-11)7(9)10/h6,8,11H,2-5H2,1H3,(H,9,10)/t6-/m0/s1. The quantitative estimate of drug-likeness (QED) is 0.498. The molecule has 0 rings (SSSR count). The van der Waals surface area contributed by atoms with Crippen LogP contribution in [-0.4, -0.2) is 39.7 Å². The fraction of sp³-hybridized carbons (Fsp3) is 0.857. The maximum atomic E-state index is 10.5. The van der Waals surface area contributed by atoms with Crippen molar-refractivity contribution in [2.75, 3.05) is 6.54 Å². The molecule has 0 amide bonds. The third-order valence-electron chi connectivity index (χ3n) is 1.40. The van der Waals surface area contributed by atoms with Gasteiger partial charge in [-0.15, -0.1) is 0 Å². The second-order valence-corrected chi connectivity index (χ2v) is 3.15. The molecule has 0 aromatic carbocycles. The molecule has 2 N–H and O–H groups in total. The second kappa shape index (κ2) is 6.65. The van der Waals surface area contributed by atoms with E-state index in [4.69, 9.17) is 5.11 Å². The fourth-order valence-electron chi connectivity index (χ4n) is 0.683. The summed E-state index contributed by atoms with van der Waals surface area (Å²) in [5, 5.41) is 12.1. The first-order chi connectivity index (χ1) is 5.22. The minimum atomic E-state index is -0.762. The van der Waals surface area contributed by atoms with Crippen LogP contribution in [-0.2, 0) is 4.79 Å². The van der Waals surface area contributed by atoms with Crippen molar-refractivity contribution in [3.63, 3.8) is 0 Å². The van der Waals surface area contributed by atoms with Crippen LogP contribution in [0.4, 0.5) is 0 Å². The number of hydrogen-bond donors (Lipinski definition) is 2. The van der Waals surface area contributed by atoms with Crippen LogP contribution in [0.3, 0.4) is 0 Å². The van der Waals surface area contributed by atoms with Crippen molar-refractivity contribution in [1.82, 2.24) is 5.32 Å². The second-order valence-electron chi connectivity index (χ2n) is 2.38. The average molecular weight is 224 g/mol. The van der Waals surface area contributed by atoms with Crippen LogP contribution < -0.4 is 5.32 Å². The normalized spacial score (nSPS) is 12.9. The molecule has 66 valence electrons. The molecular formula is C7H15NO2Se. The SMILES string of the molecule is CCCCN[C@@H](C[SeH])C(=O)O. The molecule has 11 heavy (non-hydrogen) atoms. The van der Waals surface area contributed by atoms with E-state index in [1.54, 1.807) is 0 Å². The Hall–Kier alpha value is -0.0505. The van der Waals surface area contributed by atoms with E-state index in [2.05, 4.69) is 28.3 Å². The Balaban J connectivity index is 3.44. The Kier molecular flexibility index (Phi) is 6.62. The van der Waals surface area contributed by atoms with Gasteiger partial charge in [0.05, 0.1) is 0 Å². The molecule has 0 aliphatic carbocycles. The number of aliphatic carboxylic acids is 1. The molecule has 3 nitrogen and oxygen atoms in total. The third kappa shape index (κ3) is 5.24. The van der Waals surface area contributed by atoms with Gasteiger partial charge in [0.25, 0.3) is 0 Å². The summed E-state index contributed by atoms with van der Waals surface area (Å²) in [5.74, 6) is -0.762. The van der Waals surface area contributed by atoms with Gasteiger partial charge in [0.1, 0.15) is 0 Å². The van der Waals surface area contributed by atoms with Crippen LogP contribution in [0.2, 0.25) is 5.32 Å². The summed E-state index contributed by atoms with van der Waals surface area (Å²) in [7, 11) is 0. The van der Waals surface area contributed by atoms with Crippen LogP contribution >= 0.6 is 0 Å². The number of carbonyl (C=O) groups is 1. The van der Waals surface area contributed by atoms with Crippen molar-refractivity contribution < 1.29 is 9.90 Å². The topological polar surface area (TPSA) is 49.3 Å². The number of unbranched alkanes of at least 4 members (excludes halogenated alkanes) is 1. The van der Waals surface area contributed by atoms with Crippen molar-refractivity contribution >= 4 is 22.0 Å². The number of rotatable bonds is 6. The molecule has 0 fully saturated rings. The summed E-state index contributed by atoms with van der Waals surface area (Å²) >= 11 is 2.29. The summed E-state index contributed by atoms with van der Waals surface area (Å²) in [6, 6.07) is -0.387. The predicted octanol–water partition coefficient (Wildman–Crippen LogP) is 0.148. The van der Waals surface area contributed by atoms with E-state index < -0.39 is 5.97 Å². The fourth-order valence-corrected chi connectivity index (χ4v) is 1.28. The summed E-state index contributed by atoms with van der Waals surface area (Å²) < 4.78 is 0. The number of hydrogen-bond acceptors (Lipinski definition) is 2. The summed E-state index contributed by atoms with van der Waals surface area (Å²) in [4.78, 5) is 10.5. The molecule has 0 saturated carbocycles. The van der Waals surface area contributed by atoms with Gasteiger partial charge in [-0.2, -0.15) is 0 Å². The van der Waals surface area contributed by atoms with E-state index in [0.29, 0.717) is 5.32 Å². The van der Waals surface area contributed by atoms with Crippen LogP contribution in [0.25, 0.3) is 0 Å². The Morgan fingerprint density at radius 1 is 1.73 bits per heavy atom. The zero-order valence-electron chi connectivity index (χ0n) is 6.71. The van der Waals surface area contributed by atoms with Crippen molar-refractivity contribution in [3.05, 3.63) is 0 Å². The van der Waals surface area contributed by atoms with Gasteiger partial charge in [0.2, 0.25) is 0 Å². The van der Waals surface area contributed by atoms with Crippen molar-refractivity contribution in [2.24, 2.45) is 0 Å². The molecule has 0 radical (unpaired) electrons. The zero-order chi connectivity index (χ0) is 8.69. The maximum absolute atomic E-state index is 10.5. The molecule has 0 unspecified atom stereocenters. The van der Waals surface area contributed by atoms with Gasteiger partial charge < -0.3 is 0 Å². The number of nitrogens with one attached hydrogen (secondary N) is 1. The molecule has 0 aromatic heterocycles. The van der Waals surface area contributed by atoms with Gasteiger partial charge in [-0.25, -0.2) is 0 Å². The minimum absolute atomic E-state index is 0.387. The third-order valence-corrected chi connectivity index (χ3v) is 2.17. The molecule has 0 saturated heterocycles. The Morgan fingerprint density at radius 3 is 2.73 bits per heavy atom. The molecule has 0 bridgehead atoms. The molecule has 4 heteroatoms. The summed E-state index contributed by atoms with van der Waals surface area (Å²) in [6.45, 7) is 2.88. The predicted molar refractivity (Wildman–Crippen MR) is 46.3 cm³/mol. The van der Waals surface area contributed by atoms with Crippen LogP contribution in [0.15, 0.2) is 0 Å². The van der Waals surface area contributed by atoms with Gasteiger partial charge in [0, 0.05) is 0 Å². The van der Waals surface area contributed by atoms with Gasteiger partial charge in [-0.1, -0.05) is 0 Å². The van der Waals surface area contributed by atoms with Crippen molar-refractivity contribution in [3.8, 4) is 0 Å². The van der Waals surface area contributed by atoms with Gasteiger partial charge in [-0.05, 0) is 0 Å². The van der Waals surface area contributed by atoms with Crippen LogP contribution in [0.1, 0.15) is 19.8 Å². The molecule has 0 aliphatic rings. The van der Waals surface area contributed by atoms with E-state index in [1.807, 2.05) is 0 Å². The first-order valence-corrected chi connectivity index (χ1v) is 5.12. The summed E-state index contributed by atoms with van der Waals surface area (Å²) in [6.07, 6.45) is 2.13. The molecule has 0 heterocycles. The van der Waals surface area contributed by atoms with Gasteiger partial charge in [0.15, 0.2) is 0 Å². The monoisotopic (exact) mass is 225 g/mol. The molecule has 0 spiro atoms. The Labute approximate surface area is 75.4 Å².